The van der Waals surface area contributed by atoms with Crippen LogP contribution in [-0.2, 0) is 9.59 Å². The van der Waals surface area contributed by atoms with E-state index in [0.29, 0.717) is 6.42 Å². The molecule has 5 nitrogen and oxygen atoms in total. The number of rotatable bonds is 28. The van der Waals surface area contributed by atoms with E-state index < -0.39 is 5.97 Å². The number of amides is 1. The Hall–Kier alpha value is -1.10. The van der Waals surface area contributed by atoms with Crippen molar-refractivity contribution in [1.29, 1.82) is 0 Å². The summed E-state index contributed by atoms with van der Waals surface area (Å²) in [4.78, 5) is 26.2. The van der Waals surface area contributed by atoms with Crippen LogP contribution in [0.15, 0.2) is 0 Å². The number of aliphatic carboxylic acids is 1. The van der Waals surface area contributed by atoms with Crippen molar-refractivity contribution in [3.8, 4) is 0 Å². The highest BCUT2D eigenvalue weighted by atomic mass is 16.4. The Bertz CT molecular complexity index is 490. The fourth-order valence-corrected chi connectivity index (χ4v) is 4.78. The maximum atomic E-state index is 13.1. The first-order valence-electron chi connectivity index (χ1n) is 15.8. The van der Waals surface area contributed by atoms with Crippen LogP contribution in [0.2, 0.25) is 0 Å². The first-order chi connectivity index (χ1) is 17.6. The highest BCUT2D eigenvalue weighted by Gasteiger charge is 2.24. The number of carboxylic acid groups (broad SMARTS) is 1. The molecule has 214 valence electrons. The minimum absolute atomic E-state index is 0.0394. The zero-order valence-electron chi connectivity index (χ0n) is 24.5. The minimum Gasteiger partial charge on any atom is -0.481 e. The van der Waals surface area contributed by atoms with E-state index in [0.717, 1.165) is 51.7 Å². The Kier molecular flexibility index (Phi) is 26.1. The van der Waals surface area contributed by atoms with Crippen molar-refractivity contribution >= 4 is 11.9 Å². The first kappa shape index (κ1) is 34.9. The molecule has 0 aromatic carbocycles. The Labute approximate surface area is 224 Å². The molecule has 36 heavy (non-hydrogen) atoms. The van der Waals surface area contributed by atoms with E-state index in [4.69, 9.17) is 5.11 Å². The molecule has 0 spiro atoms. The number of carbonyl (C=O) groups is 2. The molecule has 0 aliphatic rings. The molecule has 0 aliphatic carbocycles. The minimum atomic E-state index is -0.828. The van der Waals surface area contributed by atoms with Crippen molar-refractivity contribution in [3.05, 3.63) is 0 Å². The van der Waals surface area contributed by atoms with Gasteiger partial charge in [0.2, 0.25) is 5.91 Å². The highest BCUT2D eigenvalue weighted by molar-refractivity contribution is 5.82. The zero-order valence-corrected chi connectivity index (χ0v) is 24.5. The van der Waals surface area contributed by atoms with Crippen LogP contribution >= 0.6 is 0 Å². The molecule has 0 aromatic rings. The molecule has 0 rings (SSSR count). The first-order valence-corrected chi connectivity index (χ1v) is 15.8. The normalized spacial score (nSPS) is 12.1. The predicted octanol–water partition coefficient (Wildman–Crippen LogP) is 8.50. The number of hydrogen-bond donors (Lipinski definition) is 2. The van der Waals surface area contributed by atoms with Gasteiger partial charge in [-0.2, -0.15) is 0 Å². The van der Waals surface area contributed by atoms with Gasteiger partial charge in [0.05, 0.1) is 6.04 Å². The summed E-state index contributed by atoms with van der Waals surface area (Å²) in [7, 11) is 0. The molecule has 0 radical (unpaired) electrons. The molecule has 5 heteroatoms. The van der Waals surface area contributed by atoms with E-state index in [1.807, 2.05) is 4.90 Å². The number of nitrogens with zero attached hydrogens (tertiary/aromatic N) is 1. The van der Waals surface area contributed by atoms with Crippen LogP contribution in [0.25, 0.3) is 0 Å². The summed E-state index contributed by atoms with van der Waals surface area (Å²) in [5.41, 5.74) is 0. The molecule has 0 saturated carbocycles. The smallest absolute Gasteiger partial charge is 0.303 e. The van der Waals surface area contributed by atoms with Crippen molar-refractivity contribution < 1.29 is 14.7 Å². The number of nitrogens with one attached hydrogen (secondary N) is 1. The molecule has 1 atom stereocenters. The maximum absolute atomic E-state index is 13.1. The lowest BCUT2D eigenvalue weighted by molar-refractivity contribution is -0.138. The molecular weight excluding hydrogens is 448 g/mol. The molecule has 0 bridgehead atoms. The summed E-state index contributed by atoms with van der Waals surface area (Å²) in [6, 6.07) is -0.369. The van der Waals surface area contributed by atoms with Crippen molar-refractivity contribution in [1.82, 2.24) is 10.2 Å². The molecule has 1 unspecified atom stereocenters. The summed E-state index contributed by atoms with van der Waals surface area (Å²) >= 11 is 0. The molecule has 1 amide bonds. The van der Waals surface area contributed by atoms with Crippen LogP contribution in [-0.4, -0.2) is 47.6 Å². The average Bonchev–Trinajstić information content (AvgIpc) is 2.87. The summed E-state index contributed by atoms with van der Waals surface area (Å²) in [6.45, 7) is 8.91. The van der Waals surface area contributed by atoms with Gasteiger partial charge >= 0.3 is 5.97 Å². The molecule has 0 saturated heterocycles. The average molecular weight is 511 g/mol. The van der Waals surface area contributed by atoms with Crippen molar-refractivity contribution in [2.75, 3.05) is 19.6 Å². The Balaban J connectivity index is 3.94. The van der Waals surface area contributed by atoms with E-state index in [1.54, 1.807) is 0 Å². The van der Waals surface area contributed by atoms with Crippen LogP contribution in [0.4, 0.5) is 0 Å². The van der Waals surface area contributed by atoms with E-state index in [9.17, 15) is 9.59 Å². The van der Waals surface area contributed by atoms with Crippen molar-refractivity contribution in [2.45, 2.75) is 168 Å². The van der Waals surface area contributed by atoms with Crippen LogP contribution < -0.4 is 5.32 Å². The van der Waals surface area contributed by atoms with Gasteiger partial charge < -0.3 is 15.3 Å². The second-order valence-electron chi connectivity index (χ2n) is 10.8. The Morgan fingerprint density at radius 2 is 1.00 bits per heavy atom. The summed E-state index contributed by atoms with van der Waals surface area (Å²) < 4.78 is 0. The lowest BCUT2D eigenvalue weighted by Crippen LogP contribution is -2.47. The molecule has 0 fully saturated rings. The molecule has 0 heterocycles. The Morgan fingerprint density at radius 1 is 0.611 bits per heavy atom. The second kappa shape index (κ2) is 26.9. The molecule has 2 N–H and O–H groups in total. The number of unbranched alkanes of at least 4 members (excludes halogenated alkanes) is 17. The van der Waals surface area contributed by atoms with Crippen molar-refractivity contribution in [2.24, 2.45) is 0 Å². The van der Waals surface area contributed by atoms with Gasteiger partial charge in [-0.3, -0.25) is 9.59 Å². The Morgan fingerprint density at radius 3 is 1.39 bits per heavy atom. The SMILES string of the molecule is CCCCCCCCCCCCCCCCCCNC(CCC(=O)O)C(=O)N(CCCC)CCCC. The number of hydrogen-bond acceptors (Lipinski definition) is 3. The van der Waals surface area contributed by atoms with Gasteiger partial charge in [-0.1, -0.05) is 130 Å². The maximum Gasteiger partial charge on any atom is 0.303 e. The zero-order chi connectivity index (χ0) is 26.7. The highest BCUT2D eigenvalue weighted by Crippen LogP contribution is 2.14. The lowest BCUT2D eigenvalue weighted by Gasteiger charge is -2.28. The van der Waals surface area contributed by atoms with Gasteiger partial charge in [0.1, 0.15) is 0 Å². The van der Waals surface area contributed by atoms with Gasteiger partial charge in [-0.05, 0) is 32.2 Å². The quantitative estimate of drug-likeness (QED) is 0.104. The van der Waals surface area contributed by atoms with Crippen LogP contribution in [0.3, 0.4) is 0 Å². The third-order valence-corrected chi connectivity index (χ3v) is 7.24. The standard InChI is InChI=1S/C31H62N2O3/c1-4-7-10-11-12-13-14-15-16-17-18-19-20-21-22-23-26-32-29(24-25-30(34)35)31(36)33(27-8-5-2)28-9-6-3/h29,32H,4-28H2,1-3H3,(H,34,35). The van der Waals surface area contributed by atoms with E-state index in [-0.39, 0.29) is 18.4 Å². The van der Waals surface area contributed by atoms with E-state index >= 15 is 0 Å². The molecule has 0 aromatic heterocycles. The third-order valence-electron chi connectivity index (χ3n) is 7.24. The van der Waals surface area contributed by atoms with E-state index in [1.165, 1.54) is 96.3 Å². The largest absolute Gasteiger partial charge is 0.481 e. The third kappa shape index (κ3) is 22.1. The number of carbonyl (C=O) groups excluding carboxylic acids is 1. The molecular formula is C31H62N2O3. The van der Waals surface area contributed by atoms with Gasteiger partial charge in [-0.25, -0.2) is 0 Å². The van der Waals surface area contributed by atoms with Crippen LogP contribution in [0.1, 0.15) is 162 Å². The van der Waals surface area contributed by atoms with Crippen molar-refractivity contribution in [3.63, 3.8) is 0 Å². The summed E-state index contributed by atoms with van der Waals surface area (Å²) in [5.74, 6) is -0.736. The van der Waals surface area contributed by atoms with Gasteiger partial charge in [0.25, 0.3) is 0 Å². The lowest BCUT2D eigenvalue weighted by atomic mass is 10.0. The van der Waals surface area contributed by atoms with Gasteiger partial charge in [-0.15, -0.1) is 0 Å². The van der Waals surface area contributed by atoms with E-state index in [2.05, 4.69) is 26.1 Å². The van der Waals surface area contributed by atoms with Crippen LogP contribution in [0, 0.1) is 0 Å². The predicted molar refractivity (Wildman–Crippen MR) is 155 cm³/mol. The fraction of sp³-hybridized carbons (Fsp3) is 0.935. The fourth-order valence-electron chi connectivity index (χ4n) is 4.78. The topological polar surface area (TPSA) is 69.6 Å². The summed E-state index contributed by atoms with van der Waals surface area (Å²) in [6.07, 6.45) is 26.1. The van der Waals surface area contributed by atoms with Gasteiger partial charge in [0.15, 0.2) is 0 Å². The second-order valence-corrected chi connectivity index (χ2v) is 10.8. The van der Waals surface area contributed by atoms with Gasteiger partial charge in [0, 0.05) is 19.5 Å². The molecule has 0 aliphatic heterocycles. The van der Waals surface area contributed by atoms with Crippen LogP contribution in [0.5, 0.6) is 0 Å². The monoisotopic (exact) mass is 510 g/mol. The summed E-state index contributed by atoms with van der Waals surface area (Å²) in [5, 5.41) is 12.5. The number of carboxylic acids is 1.